The number of hydrogen-bond donors (Lipinski definition) is 0. The Morgan fingerprint density at radius 2 is 1.79 bits per heavy atom. The molecule has 4 aromatic rings. The van der Waals surface area contributed by atoms with Crippen molar-refractivity contribution in [2.45, 2.75) is 52.7 Å². The lowest BCUT2D eigenvalue weighted by atomic mass is 10.1. The number of esters is 1. The zero-order chi connectivity index (χ0) is 23.9. The first-order valence-electron chi connectivity index (χ1n) is 11.5. The predicted octanol–water partition coefficient (Wildman–Crippen LogP) is 3.90. The standard InChI is InChI=1S/C26H28N4O4/c1-18(2)16-23-28-24(34-29-23)17-33-25(31)13-12-21-26(32)30(15-14-19-8-4-3-5-9-19)22-11-7-6-10-20(22)27-21/h3-11,18H,12-17H2,1-2H3. The van der Waals surface area contributed by atoms with Crippen molar-refractivity contribution < 1.29 is 14.1 Å². The third-order valence-electron chi connectivity index (χ3n) is 5.41. The summed E-state index contributed by atoms with van der Waals surface area (Å²) >= 11 is 0. The summed E-state index contributed by atoms with van der Waals surface area (Å²) in [6.45, 7) is 4.56. The fourth-order valence-corrected chi connectivity index (χ4v) is 3.75. The third-order valence-corrected chi connectivity index (χ3v) is 5.41. The molecule has 0 N–H and O–H groups in total. The Bertz CT molecular complexity index is 1310. The fraction of sp³-hybridized carbons (Fsp3) is 0.346. The van der Waals surface area contributed by atoms with Crippen LogP contribution in [0.5, 0.6) is 0 Å². The summed E-state index contributed by atoms with van der Waals surface area (Å²) in [6, 6.07) is 17.6. The molecule has 0 aliphatic carbocycles. The molecule has 34 heavy (non-hydrogen) atoms. The van der Waals surface area contributed by atoms with Gasteiger partial charge in [0, 0.05) is 19.4 Å². The zero-order valence-electron chi connectivity index (χ0n) is 19.4. The Morgan fingerprint density at radius 1 is 1.03 bits per heavy atom. The second-order valence-corrected chi connectivity index (χ2v) is 8.60. The van der Waals surface area contributed by atoms with Gasteiger partial charge in [-0.3, -0.25) is 9.59 Å². The summed E-state index contributed by atoms with van der Waals surface area (Å²) in [6.07, 6.45) is 1.64. The molecule has 0 saturated heterocycles. The van der Waals surface area contributed by atoms with Crippen LogP contribution < -0.4 is 5.56 Å². The van der Waals surface area contributed by atoms with E-state index in [2.05, 4.69) is 29.0 Å². The van der Waals surface area contributed by atoms with Crippen LogP contribution in [0.1, 0.15) is 43.2 Å². The van der Waals surface area contributed by atoms with Crippen LogP contribution in [-0.4, -0.2) is 25.7 Å². The summed E-state index contributed by atoms with van der Waals surface area (Å²) in [5.41, 5.74) is 2.82. The molecule has 0 amide bonds. The predicted molar refractivity (Wildman–Crippen MR) is 127 cm³/mol. The van der Waals surface area contributed by atoms with E-state index in [1.54, 1.807) is 4.57 Å². The van der Waals surface area contributed by atoms with Crippen LogP contribution in [0.25, 0.3) is 11.0 Å². The summed E-state index contributed by atoms with van der Waals surface area (Å²) in [4.78, 5) is 34.3. The highest BCUT2D eigenvalue weighted by molar-refractivity contribution is 5.75. The number of rotatable bonds is 10. The summed E-state index contributed by atoms with van der Waals surface area (Å²) in [5.74, 6) is 0.807. The first-order valence-corrected chi connectivity index (χ1v) is 11.5. The minimum atomic E-state index is -0.450. The molecule has 176 valence electrons. The maximum absolute atomic E-state index is 13.2. The number of hydrogen-bond acceptors (Lipinski definition) is 7. The van der Waals surface area contributed by atoms with Crippen LogP contribution in [0.4, 0.5) is 0 Å². The van der Waals surface area contributed by atoms with E-state index < -0.39 is 5.97 Å². The highest BCUT2D eigenvalue weighted by Crippen LogP contribution is 2.13. The van der Waals surface area contributed by atoms with Crippen molar-refractivity contribution in [1.29, 1.82) is 0 Å². The first-order chi connectivity index (χ1) is 16.5. The van der Waals surface area contributed by atoms with Crippen molar-refractivity contribution in [3.63, 3.8) is 0 Å². The molecule has 0 fully saturated rings. The Hall–Kier alpha value is -3.81. The van der Waals surface area contributed by atoms with E-state index in [0.29, 0.717) is 30.4 Å². The topological polar surface area (TPSA) is 100 Å². The molecular weight excluding hydrogens is 432 g/mol. The van der Waals surface area contributed by atoms with Crippen LogP contribution in [0, 0.1) is 5.92 Å². The van der Waals surface area contributed by atoms with Crippen LogP contribution in [0.15, 0.2) is 63.9 Å². The number of benzene rings is 2. The van der Waals surface area contributed by atoms with E-state index in [0.717, 1.165) is 23.0 Å². The first kappa shape index (κ1) is 23.4. The van der Waals surface area contributed by atoms with Gasteiger partial charge in [0.1, 0.15) is 5.69 Å². The van der Waals surface area contributed by atoms with Gasteiger partial charge in [0.15, 0.2) is 12.4 Å². The molecular formula is C26H28N4O4. The lowest BCUT2D eigenvalue weighted by molar-refractivity contribution is -0.145. The quantitative estimate of drug-likeness (QED) is 0.331. The molecule has 0 unspecified atom stereocenters. The number of fused-ring (bicyclic) bond motifs is 1. The molecule has 8 nitrogen and oxygen atoms in total. The Kier molecular flexibility index (Phi) is 7.47. The maximum Gasteiger partial charge on any atom is 0.306 e. The van der Waals surface area contributed by atoms with Crippen molar-refractivity contribution in [3.8, 4) is 0 Å². The van der Waals surface area contributed by atoms with Gasteiger partial charge in [-0.2, -0.15) is 4.98 Å². The van der Waals surface area contributed by atoms with E-state index in [1.807, 2.05) is 54.6 Å². The third kappa shape index (κ3) is 5.95. The Labute approximate surface area is 197 Å². The van der Waals surface area contributed by atoms with Crippen LogP contribution in [-0.2, 0) is 41.9 Å². The van der Waals surface area contributed by atoms with E-state index >= 15 is 0 Å². The average molecular weight is 461 g/mol. The lowest BCUT2D eigenvalue weighted by Gasteiger charge is -2.12. The van der Waals surface area contributed by atoms with Gasteiger partial charge >= 0.3 is 5.97 Å². The van der Waals surface area contributed by atoms with Gasteiger partial charge in [-0.1, -0.05) is 61.5 Å². The molecule has 0 aliphatic heterocycles. The minimum absolute atomic E-state index is 0.0340. The van der Waals surface area contributed by atoms with Gasteiger partial charge in [-0.25, -0.2) is 4.98 Å². The largest absolute Gasteiger partial charge is 0.456 e. The normalized spacial score (nSPS) is 11.3. The monoisotopic (exact) mass is 460 g/mol. The molecule has 0 spiro atoms. The van der Waals surface area contributed by atoms with E-state index in [4.69, 9.17) is 9.26 Å². The van der Waals surface area contributed by atoms with Crippen molar-refractivity contribution >= 4 is 17.0 Å². The van der Waals surface area contributed by atoms with Gasteiger partial charge in [0.2, 0.25) is 0 Å². The molecule has 0 atom stereocenters. The van der Waals surface area contributed by atoms with Crippen LogP contribution >= 0.6 is 0 Å². The lowest BCUT2D eigenvalue weighted by Crippen LogP contribution is -2.27. The van der Waals surface area contributed by atoms with E-state index in [9.17, 15) is 9.59 Å². The molecule has 4 rings (SSSR count). The maximum atomic E-state index is 13.2. The number of nitrogens with zero attached hydrogens (tertiary/aromatic N) is 4. The fourth-order valence-electron chi connectivity index (χ4n) is 3.75. The molecule has 2 heterocycles. The molecule has 0 aliphatic rings. The highest BCUT2D eigenvalue weighted by Gasteiger charge is 2.15. The highest BCUT2D eigenvalue weighted by atomic mass is 16.6. The Balaban J connectivity index is 1.42. The summed E-state index contributed by atoms with van der Waals surface area (Å²) in [5, 5.41) is 3.89. The molecule has 0 bridgehead atoms. The zero-order valence-corrected chi connectivity index (χ0v) is 19.4. The average Bonchev–Trinajstić information content (AvgIpc) is 3.28. The summed E-state index contributed by atoms with van der Waals surface area (Å²) in [7, 11) is 0. The molecule has 0 radical (unpaired) electrons. The van der Waals surface area contributed by atoms with Gasteiger partial charge in [0.05, 0.1) is 17.5 Å². The minimum Gasteiger partial charge on any atom is -0.456 e. The van der Waals surface area contributed by atoms with Crippen molar-refractivity contribution in [1.82, 2.24) is 19.7 Å². The number of carbonyl (C=O) groups is 1. The second-order valence-electron chi connectivity index (χ2n) is 8.60. The van der Waals surface area contributed by atoms with Crippen LogP contribution in [0.2, 0.25) is 0 Å². The van der Waals surface area contributed by atoms with Crippen LogP contribution in [0.3, 0.4) is 0 Å². The number of para-hydroxylation sites is 2. The van der Waals surface area contributed by atoms with Crippen molar-refractivity contribution in [2.24, 2.45) is 5.92 Å². The van der Waals surface area contributed by atoms with Crippen molar-refractivity contribution in [3.05, 3.63) is 87.9 Å². The molecule has 8 heteroatoms. The number of aromatic nitrogens is 4. The van der Waals surface area contributed by atoms with E-state index in [-0.39, 0.29) is 30.9 Å². The van der Waals surface area contributed by atoms with Crippen molar-refractivity contribution in [2.75, 3.05) is 0 Å². The number of aryl methyl sites for hydroxylation is 3. The second kappa shape index (κ2) is 10.9. The summed E-state index contributed by atoms with van der Waals surface area (Å²) < 4.78 is 12.1. The van der Waals surface area contributed by atoms with Gasteiger partial charge in [-0.15, -0.1) is 0 Å². The van der Waals surface area contributed by atoms with Gasteiger partial charge in [-0.05, 0) is 30.0 Å². The van der Waals surface area contributed by atoms with Gasteiger partial charge < -0.3 is 13.8 Å². The Morgan fingerprint density at radius 3 is 2.59 bits per heavy atom. The molecule has 0 saturated carbocycles. The SMILES string of the molecule is CC(C)Cc1noc(COC(=O)CCc2nc3ccccc3n(CCc3ccccc3)c2=O)n1. The van der Waals surface area contributed by atoms with E-state index in [1.165, 1.54) is 0 Å². The smallest absolute Gasteiger partial charge is 0.306 e. The number of ether oxygens (including phenoxy) is 1. The van der Waals surface area contributed by atoms with Gasteiger partial charge in [0.25, 0.3) is 11.4 Å². The molecule has 2 aromatic heterocycles. The molecule has 2 aromatic carbocycles. The number of carbonyl (C=O) groups excluding carboxylic acids is 1.